The number of benzene rings is 2. The molecule has 0 saturated carbocycles. The summed E-state index contributed by atoms with van der Waals surface area (Å²) < 4.78 is 16.9. The summed E-state index contributed by atoms with van der Waals surface area (Å²) in [5.74, 6) is 2.34. The molecule has 0 atom stereocenters. The molecule has 2 N–H and O–H groups in total. The highest BCUT2D eigenvalue weighted by atomic mass is 35.5. The Morgan fingerprint density at radius 3 is 2.72 bits per heavy atom. The van der Waals surface area contributed by atoms with Gasteiger partial charge < -0.3 is 24.8 Å². The van der Waals surface area contributed by atoms with Crippen LogP contribution in [0.2, 0.25) is 5.02 Å². The van der Waals surface area contributed by atoms with Crippen LogP contribution in [0.4, 0.5) is 23.1 Å². The van der Waals surface area contributed by atoms with Crippen LogP contribution < -0.4 is 20.1 Å². The monoisotopic (exact) mass is 511 g/mol. The average molecular weight is 512 g/mol. The Balaban J connectivity index is 1.46. The van der Waals surface area contributed by atoms with E-state index < -0.39 is 0 Å². The van der Waals surface area contributed by atoms with Crippen molar-refractivity contribution in [3.05, 3.63) is 59.2 Å². The fraction of sp³-hybridized carbons (Fsp3) is 0.407. The van der Waals surface area contributed by atoms with Crippen LogP contribution in [0, 0.1) is 0 Å². The second-order valence-corrected chi connectivity index (χ2v) is 8.97. The molecule has 8 nitrogen and oxygen atoms in total. The standard InChI is InChI=1S/C27H34ClN5O3/c1-3-4-7-20-8-5-6-9-23(20)30-26-22(28)19-29-27(32-26)31-24-18-21(10-11-25(24)34-2)36-17-14-33-12-15-35-16-13-33/h5-6,8-11,18-19H,3-4,7,12-17H2,1-2H3,(H2,29,30,31,32). The third kappa shape index (κ3) is 7.22. The predicted molar refractivity (Wildman–Crippen MR) is 144 cm³/mol. The molecule has 1 aromatic heterocycles. The Morgan fingerprint density at radius 2 is 1.92 bits per heavy atom. The second kappa shape index (κ2) is 13.3. The summed E-state index contributed by atoms with van der Waals surface area (Å²) in [5, 5.41) is 7.08. The topological polar surface area (TPSA) is 80.8 Å². The minimum absolute atomic E-state index is 0.400. The maximum Gasteiger partial charge on any atom is 0.229 e. The van der Waals surface area contributed by atoms with Crippen LogP contribution in [0.3, 0.4) is 0 Å². The van der Waals surface area contributed by atoms with Crippen molar-refractivity contribution in [1.29, 1.82) is 0 Å². The van der Waals surface area contributed by atoms with Crippen LogP contribution in [-0.2, 0) is 11.2 Å². The summed E-state index contributed by atoms with van der Waals surface area (Å²) in [6.07, 6.45) is 4.83. The molecule has 4 rings (SSSR count). The first-order valence-electron chi connectivity index (χ1n) is 12.4. The van der Waals surface area contributed by atoms with Gasteiger partial charge in [-0.15, -0.1) is 0 Å². The van der Waals surface area contributed by atoms with Gasteiger partial charge in [-0.05, 0) is 36.6 Å². The minimum Gasteiger partial charge on any atom is -0.495 e. The Labute approximate surface area is 217 Å². The summed E-state index contributed by atoms with van der Waals surface area (Å²) >= 11 is 6.44. The molecule has 0 radical (unpaired) electrons. The van der Waals surface area contributed by atoms with Crippen LogP contribution in [0.25, 0.3) is 0 Å². The predicted octanol–water partition coefficient (Wildman–Crippen LogP) is 5.68. The van der Waals surface area contributed by atoms with Crippen molar-refractivity contribution < 1.29 is 14.2 Å². The highest BCUT2D eigenvalue weighted by molar-refractivity contribution is 6.32. The normalized spacial score (nSPS) is 13.9. The smallest absolute Gasteiger partial charge is 0.229 e. The molecular formula is C27H34ClN5O3. The van der Waals surface area contributed by atoms with E-state index in [4.69, 9.17) is 25.8 Å². The van der Waals surface area contributed by atoms with Gasteiger partial charge in [0.05, 0.1) is 32.2 Å². The number of aromatic nitrogens is 2. The highest BCUT2D eigenvalue weighted by Crippen LogP contribution is 2.32. The van der Waals surface area contributed by atoms with Gasteiger partial charge in [-0.2, -0.15) is 4.98 Å². The fourth-order valence-corrected chi connectivity index (χ4v) is 4.12. The fourth-order valence-electron chi connectivity index (χ4n) is 3.98. The highest BCUT2D eigenvalue weighted by Gasteiger charge is 2.13. The summed E-state index contributed by atoms with van der Waals surface area (Å²) in [7, 11) is 1.63. The molecule has 192 valence electrons. The number of halogens is 1. The lowest BCUT2D eigenvalue weighted by Gasteiger charge is -2.26. The zero-order valence-electron chi connectivity index (χ0n) is 20.9. The molecule has 2 heterocycles. The van der Waals surface area contributed by atoms with Crippen LogP contribution in [0.1, 0.15) is 25.3 Å². The number of nitrogens with zero attached hydrogens (tertiary/aromatic N) is 3. The number of anilines is 4. The lowest BCUT2D eigenvalue weighted by molar-refractivity contribution is 0.0322. The van der Waals surface area contributed by atoms with Gasteiger partial charge in [-0.1, -0.05) is 43.1 Å². The number of nitrogens with one attached hydrogen (secondary N) is 2. The number of methoxy groups -OCH3 is 1. The summed E-state index contributed by atoms with van der Waals surface area (Å²) in [6.45, 7) is 7.06. The molecule has 0 amide bonds. The number of hydrogen-bond donors (Lipinski definition) is 2. The molecule has 0 aliphatic carbocycles. The molecular weight excluding hydrogens is 478 g/mol. The van der Waals surface area contributed by atoms with Gasteiger partial charge in [-0.25, -0.2) is 4.98 Å². The molecule has 2 aromatic carbocycles. The zero-order chi connectivity index (χ0) is 25.2. The lowest BCUT2D eigenvalue weighted by atomic mass is 10.1. The molecule has 0 bridgehead atoms. The number of unbranched alkanes of at least 4 members (excludes halogenated alkanes) is 1. The first-order chi connectivity index (χ1) is 17.7. The summed E-state index contributed by atoms with van der Waals surface area (Å²) in [4.78, 5) is 11.3. The van der Waals surface area contributed by atoms with Crippen LogP contribution in [0.5, 0.6) is 11.5 Å². The van der Waals surface area contributed by atoms with Crippen LogP contribution in [-0.4, -0.2) is 61.4 Å². The van der Waals surface area contributed by atoms with E-state index in [-0.39, 0.29) is 0 Å². The Hall–Kier alpha value is -3.07. The number of hydrogen-bond acceptors (Lipinski definition) is 8. The van der Waals surface area contributed by atoms with E-state index in [0.717, 1.165) is 63.5 Å². The first kappa shape index (κ1) is 26.0. The van der Waals surface area contributed by atoms with Gasteiger partial charge in [0.1, 0.15) is 23.1 Å². The van der Waals surface area contributed by atoms with Crippen molar-refractivity contribution in [1.82, 2.24) is 14.9 Å². The van der Waals surface area contributed by atoms with Gasteiger partial charge in [0, 0.05) is 31.4 Å². The van der Waals surface area contributed by atoms with Gasteiger partial charge in [0.2, 0.25) is 5.95 Å². The Bertz CT molecular complexity index is 1120. The molecule has 36 heavy (non-hydrogen) atoms. The molecule has 1 saturated heterocycles. The SMILES string of the molecule is CCCCc1ccccc1Nc1nc(Nc2cc(OCCN3CCOCC3)ccc2OC)ncc1Cl. The Kier molecular flexibility index (Phi) is 9.61. The van der Waals surface area contributed by atoms with E-state index in [1.165, 1.54) is 5.56 Å². The molecule has 1 fully saturated rings. The van der Waals surface area contributed by atoms with Crippen molar-refractivity contribution in [2.45, 2.75) is 26.2 Å². The number of rotatable bonds is 12. The van der Waals surface area contributed by atoms with E-state index in [1.807, 2.05) is 36.4 Å². The van der Waals surface area contributed by atoms with E-state index in [1.54, 1.807) is 13.3 Å². The summed E-state index contributed by atoms with van der Waals surface area (Å²) in [5.41, 5.74) is 2.93. The van der Waals surface area contributed by atoms with Crippen LogP contribution >= 0.6 is 11.6 Å². The quantitative estimate of drug-likeness (QED) is 0.321. The summed E-state index contributed by atoms with van der Waals surface area (Å²) in [6, 6.07) is 13.9. The number of aryl methyl sites for hydroxylation is 1. The maximum absolute atomic E-state index is 6.44. The third-order valence-corrected chi connectivity index (χ3v) is 6.29. The second-order valence-electron chi connectivity index (χ2n) is 8.57. The number of morpholine rings is 1. The molecule has 0 unspecified atom stereocenters. The molecule has 3 aromatic rings. The molecule has 1 aliphatic heterocycles. The largest absolute Gasteiger partial charge is 0.495 e. The van der Waals surface area contributed by atoms with Crippen molar-refractivity contribution >= 4 is 34.7 Å². The lowest BCUT2D eigenvalue weighted by Crippen LogP contribution is -2.38. The zero-order valence-corrected chi connectivity index (χ0v) is 21.7. The molecule has 0 spiro atoms. The van der Waals surface area contributed by atoms with Gasteiger partial charge in [0.25, 0.3) is 0 Å². The van der Waals surface area contributed by atoms with E-state index >= 15 is 0 Å². The minimum atomic E-state index is 0.400. The maximum atomic E-state index is 6.44. The van der Waals surface area contributed by atoms with Crippen molar-refractivity contribution in [2.75, 3.05) is 57.2 Å². The van der Waals surface area contributed by atoms with Crippen molar-refractivity contribution in [3.63, 3.8) is 0 Å². The van der Waals surface area contributed by atoms with Gasteiger partial charge >= 0.3 is 0 Å². The van der Waals surface area contributed by atoms with Crippen molar-refractivity contribution in [3.8, 4) is 11.5 Å². The van der Waals surface area contributed by atoms with E-state index in [2.05, 4.69) is 38.5 Å². The number of para-hydroxylation sites is 1. The molecule has 9 heteroatoms. The number of ether oxygens (including phenoxy) is 3. The van der Waals surface area contributed by atoms with Crippen molar-refractivity contribution in [2.24, 2.45) is 0 Å². The van der Waals surface area contributed by atoms with E-state index in [9.17, 15) is 0 Å². The van der Waals surface area contributed by atoms with E-state index in [0.29, 0.717) is 34.8 Å². The average Bonchev–Trinajstić information content (AvgIpc) is 2.91. The van der Waals surface area contributed by atoms with Gasteiger partial charge in [0.15, 0.2) is 5.82 Å². The van der Waals surface area contributed by atoms with Gasteiger partial charge in [-0.3, -0.25) is 4.90 Å². The molecule has 1 aliphatic rings. The third-order valence-electron chi connectivity index (χ3n) is 6.01. The Morgan fingerprint density at radius 1 is 1.08 bits per heavy atom. The van der Waals surface area contributed by atoms with Crippen LogP contribution in [0.15, 0.2) is 48.7 Å². The first-order valence-corrected chi connectivity index (χ1v) is 12.8.